The molecule has 0 spiro atoms. The minimum Gasteiger partial charge on any atom is -0.345 e. The third-order valence-corrected chi connectivity index (χ3v) is 7.80. The summed E-state index contributed by atoms with van der Waals surface area (Å²) in [5.74, 6) is -0.123. The fraction of sp³-hybridized carbons (Fsp3) is 0.435. The van der Waals surface area contributed by atoms with Crippen LogP contribution in [0.25, 0.3) is 0 Å². The topological polar surface area (TPSA) is 66.5 Å². The molecule has 0 bridgehead atoms. The van der Waals surface area contributed by atoms with E-state index < -0.39 is 10.0 Å². The number of rotatable bonds is 5. The van der Waals surface area contributed by atoms with Crippen LogP contribution in [0.3, 0.4) is 0 Å². The van der Waals surface area contributed by atoms with Crippen molar-refractivity contribution in [3.63, 3.8) is 0 Å². The molecule has 6 heteroatoms. The standard InChI is InChI=1S/C23H28N2O3S/c26-23(24-22-10-6-8-19-7-2-3-9-21(19)22)20-13-11-18(12-14-20)17-29(27,28)25-15-4-1-5-16-25/h2-3,7,9,11-14,22H,1,4-6,8,10,15-17H2,(H,24,26). The molecule has 1 unspecified atom stereocenters. The summed E-state index contributed by atoms with van der Waals surface area (Å²) in [6.07, 6.45) is 6.03. The van der Waals surface area contributed by atoms with Crippen molar-refractivity contribution < 1.29 is 13.2 Å². The highest BCUT2D eigenvalue weighted by Crippen LogP contribution is 2.29. The Morgan fingerprint density at radius 3 is 2.45 bits per heavy atom. The summed E-state index contributed by atoms with van der Waals surface area (Å²) in [5, 5.41) is 3.15. The Hall–Kier alpha value is -2.18. The highest BCUT2D eigenvalue weighted by atomic mass is 32.2. The zero-order chi connectivity index (χ0) is 20.3. The summed E-state index contributed by atoms with van der Waals surface area (Å²) in [5.41, 5.74) is 3.79. The first-order valence-electron chi connectivity index (χ1n) is 10.5. The van der Waals surface area contributed by atoms with Gasteiger partial charge in [-0.05, 0) is 60.9 Å². The predicted molar refractivity (Wildman–Crippen MR) is 114 cm³/mol. The quantitative estimate of drug-likeness (QED) is 0.812. The van der Waals surface area contributed by atoms with Crippen LogP contribution in [-0.4, -0.2) is 31.7 Å². The molecule has 29 heavy (non-hydrogen) atoms. The van der Waals surface area contributed by atoms with Crippen molar-refractivity contribution in [3.05, 3.63) is 70.8 Å². The van der Waals surface area contributed by atoms with Gasteiger partial charge in [0.15, 0.2) is 0 Å². The van der Waals surface area contributed by atoms with Gasteiger partial charge < -0.3 is 5.32 Å². The van der Waals surface area contributed by atoms with Crippen molar-refractivity contribution in [3.8, 4) is 0 Å². The number of amides is 1. The number of aryl methyl sites for hydroxylation is 1. The van der Waals surface area contributed by atoms with Crippen LogP contribution >= 0.6 is 0 Å². The normalized spacial score (nSPS) is 20.1. The van der Waals surface area contributed by atoms with Crippen molar-refractivity contribution in [1.82, 2.24) is 9.62 Å². The Morgan fingerprint density at radius 2 is 1.69 bits per heavy atom. The Bertz CT molecular complexity index is 964. The number of hydrogen-bond acceptors (Lipinski definition) is 3. The summed E-state index contributed by atoms with van der Waals surface area (Å²) < 4.78 is 26.8. The molecule has 5 nitrogen and oxygen atoms in total. The van der Waals surface area contributed by atoms with E-state index >= 15 is 0 Å². The zero-order valence-corrected chi connectivity index (χ0v) is 17.5. The van der Waals surface area contributed by atoms with Gasteiger partial charge in [-0.1, -0.05) is 42.8 Å². The first kappa shape index (κ1) is 20.1. The highest BCUT2D eigenvalue weighted by molar-refractivity contribution is 7.88. The molecular weight excluding hydrogens is 384 g/mol. The monoisotopic (exact) mass is 412 g/mol. The highest BCUT2D eigenvalue weighted by Gasteiger charge is 2.25. The molecular formula is C23H28N2O3S. The largest absolute Gasteiger partial charge is 0.345 e. The van der Waals surface area contributed by atoms with Crippen LogP contribution in [0.4, 0.5) is 0 Å². The van der Waals surface area contributed by atoms with Crippen molar-refractivity contribution >= 4 is 15.9 Å². The molecule has 154 valence electrons. The third kappa shape index (κ3) is 4.70. The smallest absolute Gasteiger partial charge is 0.251 e. The molecule has 2 aromatic rings. The Balaban J connectivity index is 1.41. The van der Waals surface area contributed by atoms with Crippen molar-refractivity contribution in [2.45, 2.75) is 50.3 Å². The number of nitrogens with one attached hydrogen (secondary N) is 1. The molecule has 2 aliphatic rings. The SMILES string of the molecule is O=C(NC1CCCc2ccccc21)c1ccc(CS(=O)(=O)N2CCCCC2)cc1. The summed E-state index contributed by atoms with van der Waals surface area (Å²) >= 11 is 0. The van der Waals surface area contributed by atoms with E-state index in [1.807, 2.05) is 12.1 Å². The molecule has 1 atom stereocenters. The molecule has 1 fully saturated rings. The van der Waals surface area contributed by atoms with Crippen LogP contribution in [0.2, 0.25) is 0 Å². The van der Waals surface area contributed by atoms with Crippen LogP contribution in [0.1, 0.15) is 65.2 Å². The van der Waals surface area contributed by atoms with Gasteiger partial charge in [-0.15, -0.1) is 0 Å². The average Bonchev–Trinajstić information content (AvgIpc) is 2.75. The third-order valence-electron chi connectivity index (χ3n) is 5.95. The van der Waals surface area contributed by atoms with E-state index in [1.165, 1.54) is 11.1 Å². The molecule has 0 radical (unpaired) electrons. The van der Waals surface area contributed by atoms with Gasteiger partial charge in [-0.25, -0.2) is 12.7 Å². The van der Waals surface area contributed by atoms with E-state index in [1.54, 1.807) is 28.6 Å². The lowest BCUT2D eigenvalue weighted by Crippen LogP contribution is -2.36. The van der Waals surface area contributed by atoms with Gasteiger partial charge in [-0.2, -0.15) is 0 Å². The van der Waals surface area contributed by atoms with Crippen molar-refractivity contribution in [1.29, 1.82) is 0 Å². The summed E-state index contributed by atoms with van der Waals surface area (Å²) in [6, 6.07) is 15.3. The predicted octanol–water partition coefficient (Wildman–Crippen LogP) is 3.81. The summed E-state index contributed by atoms with van der Waals surface area (Å²) in [4.78, 5) is 12.7. The van der Waals surface area contributed by atoms with E-state index in [0.717, 1.165) is 44.1 Å². The molecule has 1 saturated heterocycles. The second-order valence-corrected chi connectivity index (χ2v) is 10.00. The number of carbonyl (C=O) groups is 1. The van der Waals surface area contributed by atoms with Gasteiger partial charge >= 0.3 is 0 Å². The summed E-state index contributed by atoms with van der Waals surface area (Å²) in [6.45, 7) is 1.23. The molecule has 2 aromatic carbocycles. The second-order valence-electron chi connectivity index (χ2n) is 8.03. The van der Waals surface area contributed by atoms with Crippen LogP contribution < -0.4 is 5.32 Å². The van der Waals surface area contributed by atoms with Crippen LogP contribution in [0.15, 0.2) is 48.5 Å². The number of fused-ring (bicyclic) bond motifs is 1. The minimum absolute atomic E-state index is 0.00903. The average molecular weight is 413 g/mol. The van der Waals surface area contributed by atoms with E-state index in [-0.39, 0.29) is 17.7 Å². The Kier molecular flexibility index (Phi) is 6.01. The summed E-state index contributed by atoms with van der Waals surface area (Å²) in [7, 11) is -3.29. The molecule has 1 aliphatic carbocycles. The Morgan fingerprint density at radius 1 is 0.966 bits per heavy atom. The number of carbonyl (C=O) groups excluding carboxylic acids is 1. The van der Waals surface area contributed by atoms with E-state index in [2.05, 4.69) is 17.4 Å². The molecule has 1 aliphatic heterocycles. The lowest BCUT2D eigenvalue weighted by molar-refractivity contribution is 0.0932. The number of hydrogen-bond donors (Lipinski definition) is 1. The van der Waals surface area contributed by atoms with Crippen molar-refractivity contribution in [2.75, 3.05) is 13.1 Å². The molecule has 0 saturated carbocycles. The van der Waals surface area contributed by atoms with Crippen molar-refractivity contribution in [2.24, 2.45) is 0 Å². The first-order chi connectivity index (χ1) is 14.0. The first-order valence-corrected chi connectivity index (χ1v) is 12.1. The maximum atomic E-state index is 12.7. The van der Waals surface area contributed by atoms with Gasteiger partial charge in [0.25, 0.3) is 5.91 Å². The molecule has 1 N–H and O–H groups in total. The lowest BCUT2D eigenvalue weighted by Gasteiger charge is -2.26. The number of piperidine rings is 1. The minimum atomic E-state index is -3.29. The van der Waals surface area contributed by atoms with Crippen LogP contribution in [-0.2, 0) is 22.2 Å². The number of nitrogens with zero attached hydrogens (tertiary/aromatic N) is 1. The molecule has 1 amide bonds. The van der Waals surface area contributed by atoms with E-state index in [0.29, 0.717) is 18.7 Å². The van der Waals surface area contributed by atoms with E-state index in [9.17, 15) is 13.2 Å². The van der Waals surface area contributed by atoms with Crippen LogP contribution in [0, 0.1) is 0 Å². The van der Waals surface area contributed by atoms with E-state index in [4.69, 9.17) is 0 Å². The van der Waals surface area contributed by atoms with Crippen LogP contribution in [0.5, 0.6) is 0 Å². The maximum Gasteiger partial charge on any atom is 0.251 e. The van der Waals surface area contributed by atoms with Gasteiger partial charge in [0.2, 0.25) is 10.0 Å². The van der Waals surface area contributed by atoms with Gasteiger partial charge in [0.05, 0.1) is 11.8 Å². The second kappa shape index (κ2) is 8.67. The zero-order valence-electron chi connectivity index (χ0n) is 16.6. The molecule has 0 aromatic heterocycles. The van der Waals surface area contributed by atoms with Gasteiger partial charge in [0, 0.05) is 18.7 Å². The fourth-order valence-electron chi connectivity index (χ4n) is 4.34. The fourth-order valence-corrected chi connectivity index (χ4v) is 5.95. The Labute approximate surface area is 173 Å². The number of sulfonamides is 1. The van der Waals surface area contributed by atoms with Gasteiger partial charge in [0.1, 0.15) is 0 Å². The maximum absolute atomic E-state index is 12.7. The number of benzene rings is 2. The lowest BCUT2D eigenvalue weighted by atomic mass is 9.87. The molecule has 1 heterocycles. The molecule has 4 rings (SSSR count). The van der Waals surface area contributed by atoms with Gasteiger partial charge in [-0.3, -0.25) is 4.79 Å².